The number of carbonyl (C=O) groups is 2. The summed E-state index contributed by atoms with van der Waals surface area (Å²) in [7, 11) is 0. The summed E-state index contributed by atoms with van der Waals surface area (Å²) < 4.78 is 31.4. The molecule has 3 saturated heterocycles. The highest BCUT2D eigenvalue weighted by Crippen LogP contribution is 2.48. The van der Waals surface area contributed by atoms with Crippen LogP contribution in [0.1, 0.15) is 87.0 Å². The van der Waals surface area contributed by atoms with E-state index >= 15 is 0 Å². The highest BCUT2D eigenvalue weighted by Gasteiger charge is 2.61. The van der Waals surface area contributed by atoms with E-state index in [1.807, 2.05) is 32.9 Å². The molecular weight excluding hydrogens is 604 g/mol. The average molecular weight is 659 g/mol. The number of hydrogen-bond donors (Lipinski definition) is 3. The molecule has 3 fully saturated rings. The second-order valence-corrected chi connectivity index (χ2v) is 14.6. The summed E-state index contributed by atoms with van der Waals surface area (Å²) in [4.78, 5) is 27.1. The van der Waals surface area contributed by atoms with Gasteiger partial charge >= 0.3 is 11.9 Å². The fraction of sp³-hybridized carbons (Fsp3) is 0.730. The standard InChI is InChI=1S/C37H54O10/c1-8-22(5)34(40)45-31-24(7)29(9-2)47-36(32(31)39)18-27-17-26(46-36)14-13-21(4)15-20(3)11-10-12-25-19-43-33-30(38)23(6)16-28(35(41)44-27)37(25,33)42/h10-13,16,20,22,24,26-33,38-39,42H,8-9,14-15,17-19H2,1-7H3/b11-10+,21-13+,25-12+/t20-,22?,24+,26+,27-,28-,29+,30+,31-,32+,33+,36-,37+/m0/s1. The largest absolute Gasteiger partial charge is 0.462 e. The van der Waals surface area contributed by atoms with Crippen LogP contribution in [0.25, 0.3) is 0 Å². The van der Waals surface area contributed by atoms with Gasteiger partial charge in [-0.2, -0.15) is 0 Å². The van der Waals surface area contributed by atoms with Gasteiger partial charge in [-0.3, -0.25) is 9.59 Å². The van der Waals surface area contributed by atoms with E-state index in [1.165, 1.54) is 0 Å². The molecule has 0 saturated carbocycles. The minimum atomic E-state index is -1.81. The van der Waals surface area contributed by atoms with Crippen molar-refractivity contribution in [3.8, 4) is 0 Å². The molecule has 13 atom stereocenters. The summed E-state index contributed by atoms with van der Waals surface area (Å²) in [5.41, 5.74) is 0.355. The minimum absolute atomic E-state index is 0.0125. The second kappa shape index (κ2) is 14.3. The molecule has 47 heavy (non-hydrogen) atoms. The van der Waals surface area contributed by atoms with Crippen molar-refractivity contribution in [2.75, 3.05) is 6.61 Å². The number of rotatable bonds is 4. The van der Waals surface area contributed by atoms with Gasteiger partial charge in [-0.05, 0) is 56.6 Å². The van der Waals surface area contributed by atoms with Gasteiger partial charge in [0.05, 0.1) is 24.7 Å². The number of allylic oxidation sites excluding steroid dienone is 4. The van der Waals surface area contributed by atoms with Crippen molar-refractivity contribution >= 4 is 11.9 Å². The van der Waals surface area contributed by atoms with Crippen molar-refractivity contribution in [2.45, 2.75) is 141 Å². The Labute approximate surface area is 278 Å². The van der Waals surface area contributed by atoms with Crippen molar-refractivity contribution in [3.63, 3.8) is 0 Å². The van der Waals surface area contributed by atoms with Crippen LogP contribution >= 0.6 is 0 Å². The molecule has 1 unspecified atom stereocenters. The molecule has 0 amide bonds. The zero-order valence-electron chi connectivity index (χ0n) is 28.9. The molecule has 0 aromatic heterocycles. The number of aliphatic hydroxyl groups excluding tert-OH is 2. The van der Waals surface area contributed by atoms with Crippen molar-refractivity contribution in [1.29, 1.82) is 0 Å². The smallest absolute Gasteiger partial charge is 0.316 e. The molecular formula is C37H54O10. The molecule has 262 valence electrons. The molecule has 4 aliphatic heterocycles. The Morgan fingerprint density at radius 1 is 1.15 bits per heavy atom. The van der Waals surface area contributed by atoms with Crippen LogP contribution in [0.2, 0.25) is 0 Å². The Kier molecular flexibility index (Phi) is 10.9. The number of aliphatic hydroxyl groups is 3. The van der Waals surface area contributed by atoms with Crippen LogP contribution in [-0.2, 0) is 33.3 Å². The van der Waals surface area contributed by atoms with Crippen molar-refractivity contribution in [2.24, 2.45) is 23.7 Å². The van der Waals surface area contributed by atoms with Crippen molar-refractivity contribution in [3.05, 3.63) is 47.1 Å². The van der Waals surface area contributed by atoms with Gasteiger partial charge in [-0.25, -0.2) is 0 Å². The van der Waals surface area contributed by atoms with Gasteiger partial charge in [0.15, 0.2) is 0 Å². The summed E-state index contributed by atoms with van der Waals surface area (Å²) >= 11 is 0. The van der Waals surface area contributed by atoms with Crippen LogP contribution in [0, 0.1) is 23.7 Å². The van der Waals surface area contributed by atoms with Crippen LogP contribution in [0.5, 0.6) is 0 Å². The first kappa shape index (κ1) is 36.0. The van der Waals surface area contributed by atoms with E-state index in [-0.39, 0.29) is 42.9 Å². The SMILES string of the molecule is CCC(C)C(=O)O[C@H]1[C@H](C)[C@@H](CC)O[C@@]2(C[C@@H]3C[C@@H](C/C=C(\C)C[C@@H](C)/C=C/C=C4\CO[C@@H]5[C@H](O)C(C)=C[C@@H](C(=O)O3)[C@]45O)O2)[C@@H]1O. The quantitative estimate of drug-likeness (QED) is 0.293. The first-order valence-corrected chi connectivity index (χ1v) is 17.4. The summed E-state index contributed by atoms with van der Waals surface area (Å²) in [6.07, 6.45) is 6.29. The predicted molar refractivity (Wildman–Crippen MR) is 174 cm³/mol. The van der Waals surface area contributed by atoms with E-state index in [1.54, 1.807) is 26.0 Å². The van der Waals surface area contributed by atoms with E-state index in [4.69, 9.17) is 23.7 Å². The predicted octanol–water partition coefficient (Wildman–Crippen LogP) is 4.46. The molecule has 0 aromatic rings. The lowest BCUT2D eigenvalue weighted by molar-refractivity contribution is -0.385. The average Bonchev–Trinajstić information content (AvgIpc) is 3.37. The van der Waals surface area contributed by atoms with E-state index < -0.39 is 59.9 Å². The molecule has 1 spiro atoms. The van der Waals surface area contributed by atoms with Crippen LogP contribution in [0.3, 0.4) is 0 Å². The van der Waals surface area contributed by atoms with Gasteiger partial charge in [0.2, 0.25) is 5.79 Å². The third kappa shape index (κ3) is 6.92. The zero-order valence-corrected chi connectivity index (χ0v) is 28.9. The Hall–Kier alpha value is -2.34. The van der Waals surface area contributed by atoms with Gasteiger partial charge in [-0.1, -0.05) is 70.6 Å². The van der Waals surface area contributed by atoms with E-state index in [0.717, 1.165) is 12.0 Å². The minimum Gasteiger partial charge on any atom is -0.462 e. The number of ether oxygens (including phenoxy) is 5. The van der Waals surface area contributed by atoms with E-state index in [9.17, 15) is 24.9 Å². The molecule has 4 heterocycles. The molecule has 10 heteroatoms. The maximum absolute atomic E-state index is 14.1. The normalized spacial score (nSPS) is 46.2. The van der Waals surface area contributed by atoms with Gasteiger partial charge in [0.1, 0.15) is 42.0 Å². The van der Waals surface area contributed by atoms with Crippen molar-refractivity contribution < 1.29 is 48.6 Å². The number of esters is 2. The van der Waals surface area contributed by atoms with Crippen LogP contribution in [-0.4, -0.2) is 88.0 Å². The molecule has 10 nitrogen and oxygen atoms in total. The van der Waals surface area contributed by atoms with Gasteiger partial charge < -0.3 is 39.0 Å². The lowest BCUT2D eigenvalue weighted by Crippen LogP contribution is -2.67. The highest BCUT2D eigenvalue weighted by molar-refractivity contribution is 5.78. The topological polar surface area (TPSA) is 141 Å². The fourth-order valence-electron chi connectivity index (χ4n) is 7.86. The van der Waals surface area contributed by atoms with Crippen LogP contribution in [0.4, 0.5) is 0 Å². The van der Waals surface area contributed by atoms with Gasteiger partial charge in [-0.15, -0.1) is 0 Å². The molecule has 5 rings (SSSR count). The van der Waals surface area contributed by atoms with E-state index in [2.05, 4.69) is 19.9 Å². The Bertz CT molecular complexity index is 1300. The highest BCUT2D eigenvalue weighted by atomic mass is 16.7. The van der Waals surface area contributed by atoms with Crippen LogP contribution < -0.4 is 0 Å². The maximum atomic E-state index is 14.1. The van der Waals surface area contributed by atoms with Gasteiger partial charge in [0, 0.05) is 18.8 Å². The van der Waals surface area contributed by atoms with Gasteiger partial charge in [0.25, 0.3) is 0 Å². The first-order valence-electron chi connectivity index (χ1n) is 17.4. The summed E-state index contributed by atoms with van der Waals surface area (Å²) in [5, 5.41) is 35.1. The molecule has 2 bridgehead atoms. The second-order valence-electron chi connectivity index (χ2n) is 14.6. The fourth-order valence-corrected chi connectivity index (χ4v) is 7.86. The Morgan fingerprint density at radius 2 is 1.89 bits per heavy atom. The number of fused-ring (bicyclic) bond motifs is 2. The van der Waals surface area contributed by atoms with Crippen molar-refractivity contribution in [1.82, 2.24) is 0 Å². The number of carbonyl (C=O) groups excluding carboxylic acids is 2. The Balaban J connectivity index is 1.54. The molecule has 3 N–H and O–H groups in total. The van der Waals surface area contributed by atoms with Crippen LogP contribution in [0.15, 0.2) is 47.1 Å². The Morgan fingerprint density at radius 3 is 2.60 bits per heavy atom. The maximum Gasteiger partial charge on any atom is 0.316 e. The third-order valence-electron chi connectivity index (χ3n) is 11.0. The summed E-state index contributed by atoms with van der Waals surface area (Å²) in [5.74, 6) is -4.23. The lowest BCUT2D eigenvalue weighted by Gasteiger charge is -2.54. The molecule has 0 radical (unpaired) electrons. The molecule has 0 aromatic carbocycles. The van der Waals surface area contributed by atoms with E-state index in [0.29, 0.717) is 36.8 Å². The zero-order chi connectivity index (χ0) is 34.3. The summed E-state index contributed by atoms with van der Waals surface area (Å²) in [6.45, 7) is 13.5. The monoisotopic (exact) mass is 658 g/mol. The molecule has 5 aliphatic rings. The number of hydrogen-bond acceptors (Lipinski definition) is 10. The summed E-state index contributed by atoms with van der Waals surface area (Å²) in [6, 6.07) is 0. The lowest BCUT2D eigenvalue weighted by atomic mass is 9.71. The molecule has 1 aliphatic carbocycles. The first-order chi connectivity index (χ1) is 22.2. The third-order valence-corrected chi connectivity index (χ3v) is 11.0.